The Labute approximate surface area is 174 Å². The van der Waals surface area contributed by atoms with Gasteiger partial charge in [-0.05, 0) is 37.0 Å². The number of amides is 3. The second kappa shape index (κ2) is 8.73. The highest BCUT2D eigenvalue weighted by atomic mass is 16.5. The molecule has 1 aromatic rings. The molecule has 9 nitrogen and oxygen atoms in total. The topological polar surface area (TPSA) is 111 Å². The van der Waals surface area contributed by atoms with Crippen molar-refractivity contribution in [3.05, 3.63) is 23.8 Å². The number of carbonyl (C=O) groups is 4. The molecular weight excluding hydrogens is 392 g/mol. The molecule has 1 saturated carbocycles. The largest absolute Gasteiger partial charge is 0.497 e. The molecule has 162 valence electrons. The molecule has 3 amide bonds. The van der Waals surface area contributed by atoms with Gasteiger partial charge in [-0.25, -0.2) is 4.79 Å². The van der Waals surface area contributed by atoms with Crippen LogP contribution in [0.2, 0.25) is 0 Å². The maximum atomic E-state index is 12.9. The van der Waals surface area contributed by atoms with Crippen molar-refractivity contribution >= 4 is 23.7 Å². The van der Waals surface area contributed by atoms with Gasteiger partial charge in [0.05, 0.1) is 19.8 Å². The first-order chi connectivity index (χ1) is 14.3. The highest BCUT2D eigenvalue weighted by Crippen LogP contribution is 2.38. The fourth-order valence-electron chi connectivity index (χ4n) is 4.07. The van der Waals surface area contributed by atoms with Crippen LogP contribution in [-0.2, 0) is 14.3 Å². The molecule has 3 rings (SSSR count). The molecule has 1 aliphatic carbocycles. The molecule has 2 atom stereocenters. The van der Waals surface area contributed by atoms with Crippen LogP contribution in [0.25, 0.3) is 0 Å². The van der Waals surface area contributed by atoms with Gasteiger partial charge in [-0.15, -0.1) is 0 Å². The number of ether oxygens (including phenoxy) is 3. The Morgan fingerprint density at radius 1 is 1.20 bits per heavy atom. The lowest BCUT2D eigenvalue weighted by atomic mass is 9.73. The summed E-state index contributed by atoms with van der Waals surface area (Å²) in [5.74, 6) is -0.970. The van der Waals surface area contributed by atoms with E-state index in [1.165, 1.54) is 20.3 Å². The summed E-state index contributed by atoms with van der Waals surface area (Å²) >= 11 is 0. The Bertz CT molecular complexity index is 869. The number of rotatable bonds is 7. The highest BCUT2D eigenvalue weighted by Gasteiger charge is 2.55. The number of benzene rings is 1. The van der Waals surface area contributed by atoms with Crippen LogP contribution in [0.15, 0.2) is 18.2 Å². The third-order valence-corrected chi connectivity index (χ3v) is 5.86. The van der Waals surface area contributed by atoms with Crippen LogP contribution in [0.4, 0.5) is 4.79 Å². The molecule has 0 unspecified atom stereocenters. The summed E-state index contributed by atoms with van der Waals surface area (Å²) in [6.45, 7) is 0.842. The fraction of sp³-hybridized carbons (Fsp3) is 0.524. The Hall–Kier alpha value is -3.10. The van der Waals surface area contributed by atoms with Crippen molar-refractivity contribution in [1.29, 1.82) is 0 Å². The Morgan fingerprint density at radius 2 is 1.97 bits per heavy atom. The quantitative estimate of drug-likeness (QED) is 0.409. The van der Waals surface area contributed by atoms with E-state index in [0.717, 1.165) is 24.2 Å². The van der Waals surface area contributed by atoms with Gasteiger partial charge in [0.25, 0.3) is 5.91 Å². The Kier molecular flexibility index (Phi) is 6.28. The van der Waals surface area contributed by atoms with E-state index in [1.54, 1.807) is 12.1 Å². The Balaban J connectivity index is 1.62. The molecule has 1 saturated heterocycles. The number of urea groups is 1. The van der Waals surface area contributed by atoms with E-state index in [0.29, 0.717) is 17.9 Å². The van der Waals surface area contributed by atoms with Gasteiger partial charge in [0, 0.05) is 0 Å². The molecule has 30 heavy (non-hydrogen) atoms. The first-order valence-corrected chi connectivity index (χ1v) is 9.87. The van der Waals surface area contributed by atoms with Crippen molar-refractivity contribution in [3.8, 4) is 11.5 Å². The van der Waals surface area contributed by atoms with Crippen molar-refractivity contribution in [2.45, 2.75) is 38.1 Å². The smallest absolute Gasteiger partial charge is 0.326 e. The van der Waals surface area contributed by atoms with E-state index in [9.17, 15) is 19.2 Å². The van der Waals surface area contributed by atoms with Crippen LogP contribution in [0.3, 0.4) is 0 Å². The lowest BCUT2D eigenvalue weighted by Crippen LogP contribution is -2.54. The molecule has 1 N–H and O–H groups in total. The SMILES string of the molecule is COc1ccc(OC)c(C(=O)COC(=O)CN2C(=O)N[C@@]3(CCCC[C@@H]3C)C2=O)c1. The van der Waals surface area contributed by atoms with Crippen molar-refractivity contribution in [2.75, 3.05) is 27.4 Å². The third-order valence-electron chi connectivity index (χ3n) is 5.86. The number of methoxy groups -OCH3 is 2. The van der Waals surface area contributed by atoms with E-state index in [2.05, 4.69) is 5.32 Å². The van der Waals surface area contributed by atoms with Gasteiger partial charge < -0.3 is 19.5 Å². The number of esters is 1. The van der Waals surface area contributed by atoms with Crippen LogP contribution < -0.4 is 14.8 Å². The number of nitrogens with one attached hydrogen (secondary N) is 1. The maximum Gasteiger partial charge on any atom is 0.326 e. The maximum absolute atomic E-state index is 12.9. The van der Waals surface area contributed by atoms with Crippen LogP contribution in [0.1, 0.15) is 43.0 Å². The molecule has 1 spiro atoms. The number of hydrogen-bond acceptors (Lipinski definition) is 7. The van der Waals surface area contributed by atoms with Crippen molar-refractivity contribution < 1.29 is 33.4 Å². The number of ketones is 1. The number of nitrogens with zero attached hydrogens (tertiary/aromatic N) is 1. The molecule has 0 radical (unpaired) electrons. The minimum Gasteiger partial charge on any atom is -0.497 e. The minimum absolute atomic E-state index is 0.00850. The predicted molar refractivity (Wildman–Crippen MR) is 105 cm³/mol. The minimum atomic E-state index is -0.945. The van der Waals surface area contributed by atoms with Crippen molar-refractivity contribution in [2.24, 2.45) is 5.92 Å². The van der Waals surface area contributed by atoms with Gasteiger partial charge in [-0.3, -0.25) is 19.3 Å². The normalized spacial score (nSPS) is 23.3. The van der Waals surface area contributed by atoms with E-state index < -0.39 is 42.4 Å². The first kappa shape index (κ1) is 21.6. The molecule has 2 fully saturated rings. The standard InChI is InChI=1S/C21H26N2O7/c1-13-6-4-5-9-21(13)19(26)23(20(27)22-21)11-18(25)30-12-16(24)15-10-14(28-2)7-8-17(15)29-3/h7-8,10,13H,4-6,9,11-12H2,1-3H3,(H,22,27)/t13-,21+/m0/s1. The lowest BCUT2D eigenvalue weighted by molar-refractivity contribution is -0.147. The molecule has 1 aliphatic heterocycles. The molecule has 1 heterocycles. The van der Waals surface area contributed by atoms with Gasteiger partial charge in [0.2, 0.25) is 5.78 Å². The van der Waals surface area contributed by atoms with E-state index >= 15 is 0 Å². The first-order valence-electron chi connectivity index (χ1n) is 9.87. The van der Waals surface area contributed by atoms with Gasteiger partial charge in [0.15, 0.2) is 6.61 Å². The molecule has 0 aromatic heterocycles. The third kappa shape index (κ3) is 3.96. The zero-order valence-electron chi connectivity index (χ0n) is 17.4. The predicted octanol–water partition coefficient (Wildman–Crippen LogP) is 1.93. The van der Waals surface area contributed by atoms with Crippen LogP contribution in [0.5, 0.6) is 11.5 Å². The highest BCUT2D eigenvalue weighted by molar-refractivity contribution is 6.09. The summed E-state index contributed by atoms with van der Waals surface area (Å²) in [4.78, 5) is 50.8. The molecule has 0 bridgehead atoms. The number of carbonyl (C=O) groups excluding carboxylic acids is 4. The summed E-state index contributed by atoms with van der Waals surface area (Å²) in [6.07, 6.45) is 3.23. The molecule has 1 aromatic carbocycles. The summed E-state index contributed by atoms with van der Waals surface area (Å²) < 4.78 is 15.3. The van der Waals surface area contributed by atoms with Gasteiger partial charge >= 0.3 is 12.0 Å². The number of Topliss-reactive ketones (excluding diaryl/α,β-unsaturated/α-hetero) is 1. The van der Waals surface area contributed by atoms with Crippen LogP contribution in [-0.4, -0.2) is 61.5 Å². The molecule has 9 heteroatoms. The average Bonchev–Trinajstić information content (AvgIpc) is 2.98. The average molecular weight is 418 g/mol. The fourth-order valence-corrected chi connectivity index (χ4v) is 4.07. The number of hydrogen-bond donors (Lipinski definition) is 1. The summed E-state index contributed by atoms with van der Waals surface area (Å²) in [5, 5.41) is 2.77. The zero-order chi connectivity index (χ0) is 21.9. The second-order valence-corrected chi connectivity index (χ2v) is 7.59. The summed E-state index contributed by atoms with van der Waals surface area (Å²) in [6, 6.07) is 4.10. The van der Waals surface area contributed by atoms with Crippen LogP contribution >= 0.6 is 0 Å². The van der Waals surface area contributed by atoms with E-state index in [1.807, 2.05) is 6.92 Å². The molecule has 2 aliphatic rings. The lowest BCUT2D eigenvalue weighted by Gasteiger charge is -2.36. The van der Waals surface area contributed by atoms with Crippen molar-refractivity contribution in [3.63, 3.8) is 0 Å². The van der Waals surface area contributed by atoms with E-state index in [4.69, 9.17) is 14.2 Å². The van der Waals surface area contributed by atoms with Crippen molar-refractivity contribution in [1.82, 2.24) is 10.2 Å². The summed E-state index contributed by atoms with van der Waals surface area (Å²) in [5.41, 5.74) is -0.742. The Morgan fingerprint density at radius 3 is 2.63 bits per heavy atom. The van der Waals surface area contributed by atoms with Gasteiger partial charge in [-0.2, -0.15) is 0 Å². The van der Waals surface area contributed by atoms with Crippen LogP contribution in [0, 0.1) is 5.92 Å². The van der Waals surface area contributed by atoms with Gasteiger partial charge in [-0.1, -0.05) is 19.8 Å². The second-order valence-electron chi connectivity index (χ2n) is 7.59. The molecular formula is C21H26N2O7. The van der Waals surface area contributed by atoms with Gasteiger partial charge in [0.1, 0.15) is 23.6 Å². The summed E-state index contributed by atoms with van der Waals surface area (Å²) in [7, 11) is 2.89. The number of imide groups is 1. The van der Waals surface area contributed by atoms with E-state index in [-0.39, 0.29) is 11.5 Å². The zero-order valence-corrected chi connectivity index (χ0v) is 17.4. The monoisotopic (exact) mass is 418 g/mol.